The van der Waals surface area contributed by atoms with Gasteiger partial charge in [0, 0.05) is 50.1 Å². The van der Waals surface area contributed by atoms with E-state index in [0.717, 1.165) is 43.1 Å². The maximum atomic E-state index is 4.46. The van der Waals surface area contributed by atoms with Crippen LogP contribution in [0.5, 0.6) is 0 Å². The first kappa shape index (κ1) is 11.5. The SMILES string of the molecule is CN1CCNC(Cc2ncc(-c3cc[nH]c3)[nH]2)C1. The predicted molar refractivity (Wildman–Crippen MR) is 71.4 cm³/mol. The average Bonchev–Trinajstić information content (AvgIpc) is 2.98. The third-order valence-electron chi connectivity index (χ3n) is 3.44. The lowest BCUT2D eigenvalue weighted by molar-refractivity contribution is 0.236. The normalized spacial score (nSPS) is 21.3. The molecule has 0 saturated carbocycles. The van der Waals surface area contributed by atoms with Crippen molar-refractivity contribution >= 4 is 0 Å². The molecule has 0 aromatic carbocycles. The fraction of sp³-hybridized carbons (Fsp3) is 0.462. The molecule has 5 nitrogen and oxygen atoms in total. The summed E-state index contributed by atoms with van der Waals surface area (Å²) in [5.41, 5.74) is 2.23. The number of rotatable bonds is 3. The van der Waals surface area contributed by atoms with E-state index >= 15 is 0 Å². The van der Waals surface area contributed by atoms with Crippen molar-refractivity contribution in [3.05, 3.63) is 30.5 Å². The summed E-state index contributed by atoms with van der Waals surface area (Å²) in [5, 5.41) is 3.53. The zero-order valence-electron chi connectivity index (χ0n) is 10.6. The molecule has 5 heteroatoms. The van der Waals surface area contributed by atoms with E-state index in [-0.39, 0.29) is 0 Å². The van der Waals surface area contributed by atoms with Crippen LogP contribution in [0, 0.1) is 0 Å². The van der Waals surface area contributed by atoms with Gasteiger partial charge < -0.3 is 20.2 Å². The fourth-order valence-corrected chi connectivity index (χ4v) is 2.47. The molecule has 1 aliphatic rings. The van der Waals surface area contributed by atoms with Crippen LogP contribution in [0.15, 0.2) is 24.7 Å². The standard InChI is InChI=1S/C13H19N5/c1-18-5-4-15-11(9-18)6-13-16-8-12(17-13)10-2-3-14-7-10/h2-3,7-8,11,14-15H,4-6,9H2,1H3,(H,16,17). The van der Waals surface area contributed by atoms with Crippen molar-refractivity contribution in [2.24, 2.45) is 0 Å². The third kappa shape index (κ3) is 2.47. The first-order valence-corrected chi connectivity index (χ1v) is 6.40. The van der Waals surface area contributed by atoms with Crippen LogP contribution < -0.4 is 5.32 Å². The number of nitrogens with one attached hydrogen (secondary N) is 3. The van der Waals surface area contributed by atoms with Crippen LogP contribution in [0.25, 0.3) is 11.3 Å². The van der Waals surface area contributed by atoms with E-state index in [1.807, 2.05) is 24.7 Å². The molecule has 1 unspecified atom stereocenters. The molecule has 0 aliphatic carbocycles. The lowest BCUT2D eigenvalue weighted by atomic mass is 10.1. The van der Waals surface area contributed by atoms with Crippen molar-refractivity contribution in [2.45, 2.75) is 12.5 Å². The van der Waals surface area contributed by atoms with Crippen LogP contribution in [-0.4, -0.2) is 52.6 Å². The van der Waals surface area contributed by atoms with E-state index in [1.165, 1.54) is 0 Å². The predicted octanol–water partition coefficient (Wildman–Crippen LogP) is 0.851. The monoisotopic (exact) mass is 245 g/mol. The Kier molecular flexibility index (Phi) is 3.17. The second-order valence-corrected chi connectivity index (χ2v) is 4.96. The summed E-state index contributed by atoms with van der Waals surface area (Å²) < 4.78 is 0. The minimum absolute atomic E-state index is 0.494. The van der Waals surface area contributed by atoms with Gasteiger partial charge in [-0.2, -0.15) is 0 Å². The number of H-pyrrole nitrogens is 2. The Labute approximate surface area is 107 Å². The second-order valence-electron chi connectivity index (χ2n) is 4.96. The Bertz CT molecular complexity index is 487. The average molecular weight is 245 g/mol. The number of hydrogen-bond acceptors (Lipinski definition) is 3. The molecule has 1 aliphatic heterocycles. The molecule has 2 aromatic rings. The molecule has 3 heterocycles. The minimum Gasteiger partial charge on any atom is -0.367 e. The van der Waals surface area contributed by atoms with Crippen molar-refractivity contribution in [2.75, 3.05) is 26.7 Å². The van der Waals surface area contributed by atoms with Crippen molar-refractivity contribution in [1.29, 1.82) is 0 Å². The summed E-state index contributed by atoms with van der Waals surface area (Å²) in [4.78, 5) is 13.3. The summed E-state index contributed by atoms with van der Waals surface area (Å²) in [6.45, 7) is 3.27. The highest BCUT2D eigenvalue weighted by Crippen LogP contribution is 2.16. The molecule has 0 radical (unpaired) electrons. The largest absolute Gasteiger partial charge is 0.367 e. The second kappa shape index (κ2) is 4.96. The number of likely N-dealkylation sites (N-methyl/N-ethyl adjacent to an activating group) is 1. The molecule has 0 amide bonds. The number of aromatic nitrogens is 3. The van der Waals surface area contributed by atoms with Gasteiger partial charge in [-0.1, -0.05) is 0 Å². The van der Waals surface area contributed by atoms with Crippen LogP contribution in [0.1, 0.15) is 5.82 Å². The van der Waals surface area contributed by atoms with E-state index in [4.69, 9.17) is 0 Å². The molecular weight excluding hydrogens is 226 g/mol. The summed E-state index contributed by atoms with van der Waals surface area (Å²) in [5.74, 6) is 1.05. The zero-order chi connectivity index (χ0) is 12.4. The van der Waals surface area contributed by atoms with Gasteiger partial charge in [0.15, 0.2) is 0 Å². The topological polar surface area (TPSA) is 59.7 Å². The van der Waals surface area contributed by atoms with Crippen LogP contribution in [0.4, 0.5) is 0 Å². The van der Waals surface area contributed by atoms with Crippen LogP contribution in [-0.2, 0) is 6.42 Å². The molecule has 96 valence electrons. The van der Waals surface area contributed by atoms with Gasteiger partial charge in [-0.25, -0.2) is 4.98 Å². The first-order valence-electron chi connectivity index (χ1n) is 6.40. The Balaban J connectivity index is 1.66. The Morgan fingerprint density at radius 2 is 2.44 bits per heavy atom. The molecule has 18 heavy (non-hydrogen) atoms. The summed E-state index contributed by atoms with van der Waals surface area (Å²) >= 11 is 0. The number of nitrogens with zero attached hydrogens (tertiary/aromatic N) is 2. The summed E-state index contributed by atoms with van der Waals surface area (Å²) in [6, 6.07) is 2.54. The van der Waals surface area contributed by atoms with Crippen molar-refractivity contribution < 1.29 is 0 Å². The maximum Gasteiger partial charge on any atom is 0.108 e. The van der Waals surface area contributed by atoms with Gasteiger partial charge in [-0.15, -0.1) is 0 Å². The molecule has 0 spiro atoms. The lowest BCUT2D eigenvalue weighted by Crippen LogP contribution is -2.50. The summed E-state index contributed by atoms with van der Waals surface area (Å²) in [7, 11) is 2.17. The minimum atomic E-state index is 0.494. The van der Waals surface area contributed by atoms with Crippen molar-refractivity contribution in [3.63, 3.8) is 0 Å². The van der Waals surface area contributed by atoms with Crippen LogP contribution in [0.3, 0.4) is 0 Å². The van der Waals surface area contributed by atoms with Gasteiger partial charge in [-0.3, -0.25) is 0 Å². The highest BCUT2D eigenvalue weighted by atomic mass is 15.2. The smallest absolute Gasteiger partial charge is 0.108 e. The van der Waals surface area contributed by atoms with E-state index in [9.17, 15) is 0 Å². The van der Waals surface area contributed by atoms with Gasteiger partial charge in [0.05, 0.1) is 11.9 Å². The highest BCUT2D eigenvalue weighted by molar-refractivity contribution is 5.57. The van der Waals surface area contributed by atoms with Crippen molar-refractivity contribution in [3.8, 4) is 11.3 Å². The molecule has 2 aromatic heterocycles. The van der Waals surface area contributed by atoms with E-state index in [1.54, 1.807) is 0 Å². The molecule has 3 rings (SSSR count). The third-order valence-corrected chi connectivity index (χ3v) is 3.44. The highest BCUT2D eigenvalue weighted by Gasteiger charge is 2.18. The van der Waals surface area contributed by atoms with Crippen LogP contribution >= 0.6 is 0 Å². The Morgan fingerprint density at radius 1 is 1.50 bits per heavy atom. The quantitative estimate of drug-likeness (QED) is 0.751. The number of imidazole rings is 1. The number of hydrogen-bond donors (Lipinski definition) is 3. The lowest BCUT2D eigenvalue weighted by Gasteiger charge is -2.30. The molecule has 1 atom stereocenters. The molecule has 1 saturated heterocycles. The van der Waals surface area contributed by atoms with Crippen molar-refractivity contribution in [1.82, 2.24) is 25.2 Å². The van der Waals surface area contributed by atoms with Gasteiger partial charge in [0.2, 0.25) is 0 Å². The molecule has 0 bridgehead atoms. The van der Waals surface area contributed by atoms with E-state index < -0.39 is 0 Å². The van der Waals surface area contributed by atoms with E-state index in [0.29, 0.717) is 6.04 Å². The summed E-state index contributed by atoms with van der Waals surface area (Å²) in [6.07, 6.45) is 6.76. The van der Waals surface area contributed by atoms with E-state index in [2.05, 4.69) is 32.2 Å². The fourth-order valence-electron chi connectivity index (χ4n) is 2.47. The van der Waals surface area contributed by atoms with Gasteiger partial charge in [0.25, 0.3) is 0 Å². The zero-order valence-corrected chi connectivity index (χ0v) is 10.6. The maximum absolute atomic E-state index is 4.46. The van der Waals surface area contributed by atoms with Gasteiger partial charge >= 0.3 is 0 Å². The number of piperazine rings is 1. The van der Waals surface area contributed by atoms with Gasteiger partial charge in [-0.05, 0) is 13.1 Å². The Hall–Kier alpha value is -1.59. The van der Waals surface area contributed by atoms with Crippen LogP contribution in [0.2, 0.25) is 0 Å². The number of aromatic amines is 2. The first-order chi connectivity index (χ1) is 8.81. The molecule has 3 N–H and O–H groups in total. The Morgan fingerprint density at radius 3 is 3.22 bits per heavy atom. The molecule has 1 fully saturated rings. The molecular formula is C13H19N5. The van der Waals surface area contributed by atoms with Gasteiger partial charge in [0.1, 0.15) is 5.82 Å².